The van der Waals surface area contributed by atoms with Crippen LogP contribution in [0.3, 0.4) is 0 Å². The lowest BCUT2D eigenvalue weighted by Gasteiger charge is -2.26. The molecule has 0 N–H and O–H groups in total. The van der Waals surface area contributed by atoms with Crippen LogP contribution in [0.2, 0.25) is 0 Å². The molecular formula is C15H21ClNO3-. The van der Waals surface area contributed by atoms with Crippen molar-refractivity contribution in [1.29, 1.82) is 0 Å². The number of unbranched alkanes of at least 4 members (excludes halogenated alkanes) is 1. The Morgan fingerprint density at radius 1 is 1.25 bits per heavy atom. The van der Waals surface area contributed by atoms with Crippen LogP contribution in [0.5, 0.6) is 5.75 Å². The van der Waals surface area contributed by atoms with E-state index in [2.05, 4.69) is 4.90 Å². The average molecular weight is 299 g/mol. The summed E-state index contributed by atoms with van der Waals surface area (Å²) in [4.78, 5) is 13.1. The minimum atomic E-state index is 0. The standard InChI is InChI=1S/C15H21NO3.ClH/c17-13-14-4-3-5-15(12-14)19-9-2-1-6-16-7-10-18-11-8-16;/h3-5,12-13H,1-2,6-11H2;1H/p-1. The molecule has 112 valence electrons. The molecule has 20 heavy (non-hydrogen) atoms. The van der Waals surface area contributed by atoms with Crippen LogP contribution in [-0.2, 0) is 4.74 Å². The molecule has 2 rings (SSSR count). The lowest BCUT2D eigenvalue weighted by atomic mass is 10.2. The molecule has 1 aliphatic rings. The first kappa shape index (κ1) is 17.0. The van der Waals surface area contributed by atoms with E-state index in [9.17, 15) is 4.79 Å². The number of benzene rings is 1. The third-order valence-electron chi connectivity index (χ3n) is 3.24. The molecule has 0 saturated carbocycles. The summed E-state index contributed by atoms with van der Waals surface area (Å²) in [6.45, 7) is 5.61. The third-order valence-corrected chi connectivity index (χ3v) is 3.24. The Hall–Kier alpha value is -1.10. The summed E-state index contributed by atoms with van der Waals surface area (Å²) in [5, 5.41) is 0. The van der Waals surface area contributed by atoms with Gasteiger partial charge in [0, 0.05) is 18.7 Å². The van der Waals surface area contributed by atoms with Crippen molar-refractivity contribution in [3.05, 3.63) is 29.8 Å². The first-order chi connectivity index (χ1) is 9.38. The van der Waals surface area contributed by atoms with Crippen molar-refractivity contribution in [2.24, 2.45) is 0 Å². The molecule has 1 aromatic rings. The topological polar surface area (TPSA) is 38.8 Å². The normalized spacial score (nSPS) is 15.4. The van der Waals surface area contributed by atoms with Gasteiger partial charge >= 0.3 is 0 Å². The number of hydrogen-bond acceptors (Lipinski definition) is 4. The van der Waals surface area contributed by atoms with Crippen LogP contribution < -0.4 is 17.1 Å². The SMILES string of the molecule is O=Cc1cccc(OCCCCN2CCOCC2)c1.[Cl-]. The predicted octanol–water partition coefficient (Wildman–Crippen LogP) is -1.01. The number of halogens is 1. The van der Waals surface area contributed by atoms with Gasteiger partial charge < -0.3 is 21.9 Å². The summed E-state index contributed by atoms with van der Waals surface area (Å²) in [5.74, 6) is 0.774. The van der Waals surface area contributed by atoms with Gasteiger partial charge in [-0.3, -0.25) is 9.69 Å². The molecule has 0 amide bonds. The molecule has 1 fully saturated rings. The van der Waals surface area contributed by atoms with Gasteiger partial charge in [-0.25, -0.2) is 0 Å². The zero-order valence-corrected chi connectivity index (χ0v) is 12.3. The summed E-state index contributed by atoms with van der Waals surface area (Å²) < 4.78 is 10.9. The van der Waals surface area contributed by atoms with E-state index >= 15 is 0 Å². The van der Waals surface area contributed by atoms with E-state index in [1.54, 1.807) is 12.1 Å². The Labute approximate surface area is 126 Å². The van der Waals surface area contributed by atoms with Crippen molar-refractivity contribution in [3.63, 3.8) is 0 Å². The van der Waals surface area contributed by atoms with Gasteiger partial charge in [0.15, 0.2) is 0 Å². The molecule has 1 aromatic carbocycles. The first-order valence-corrected chi connectivity index (χ1v) is 6.86. The van der Waals surface area contributed by atoms with Gasteiger partial charge in [0.1, 0.15) is 12.0 Å². The Kier molecular flexibility index (Phi) is 8.26. The zero-order valence-electron chi connectivity index (χ0n) is 11.6. The Balaban J connectivity index is 0.00000200. The van der Waals surface area contributed by atoms with Gasteiger partial charge in [0.05, 0.1) is 19.8 Å². The monoisotopic (exact) mass is 298 g/mol. The Bertz CT molecular complexity index is 394. The second-order valence-corrected chi connectivity index (χ2v) is 4.70. The molecule has 0 radical (unpaired) electrons. The van der Waals surface area contributed by atoms with Gasteiger partial charge in [-0.05, 0) is 31.5 Å². The highest BCUT2D eigenvalue weighted by molar-refractivity contribution is 5.75. The maximum absolute atomic E-state index is 10.6. The summed E-state index contributed by atoms with van der Waals surface area (Å²) in [6.07, 6.45) is 3.00. The molecule has 0 atom stereocenters. The number of aldehydes is 1. The zero-order chi connectivity index (χ0) is 13.3. The van der Waals surface area contributed by atoms with E-state index < -0.39 is 0 Å². The van der Waals surface area contributed by atoms with Crippen LogP contribution in [0.15, 0.2) is 24.3 Å². The average Bonchev–Trinajstić information content (AvgIpc) is 2.48. The molecular weight excluding hydrogens is 278 g/mol. The van der Waals surface area contributed by atoms with Crippen molar-refractivity contribution >= 4 is 6.29 Å². The van der Waals surface area contributed by atoms with Gasteiger partial charge in [0.25, 0.3) is 0 Å². The van der Waals surface area contributed by atoms with Gasteiger partial charge in [-0.1, -0.05) is 12.1 Å². The lowest BCUT2D eigenvalue weighted by Crippen LogP contribution is -3.00. The molecule has 0 spiro atoms. The Morgan fingerprint density at radius 2 is 2.05 bits per heavy atom. The van der Waals surface area contributed by atoms with Crippen molar-refractivity contribution in [2.45, 2.75) is 12.8 Å². The molecule has 5 heteroatoms. The summed E-state index contributed by atoms with van der Waals surface area (Å²) >= 11 is 0. The smallest absolute Gasteiger partial charge is 0.150 e. The van der Waals surface area contributed by atoms with Crippen LogP contribution in [0.1, 0.15) is 23.2 Å². The number of hydrogen-bond donors (Lipinski definition) is 0. The summed E-state index contributed by atoms with van der Waals surface area (Å²) in [6, 6.07) is 7.27. The molecule has 0 bridgehead atoms. The van der Waals surface area contributed by atoms with E-state index in [1.165, 1.54) is 0 Å². The van der Waals surface area contributed by atoms with Gasteiger partial charge in [0.2, 0.25) is 0 Å². The second kappa shape index (κ2) is 9.75. The summed E-state index contributed by atoms with van der Waals surface area (Å²) in [5.41, 5.74) is 0.658. The van der Waals surface area contributed by atoms with Crippen LogP contribution in [0, 0.1) is 0 Å². The van der Waals surface area contributed by atoms with E-state index in [4.69, 9.17) is 9.47 Å². The number of nitrogens with zero attached hydrogens (tertiary/aromatic N) is 1. The molecule has 1 heterocycles. The fraction of sp³-hybridized carbons (Fsp3) is 0.533. The molecule has 0 aromatic heterocycles. The van der Waals surface area contributed by atoms with Gasteiger partial charge in [-0.15, -0.1) is 0 Å². The number of morpholine rings is 1. The number of ether oxygens (including phenoxy) is 2. The second-order valence-electron chi connectivity index (χ2n) is 4.70. The molecule has 1 aliphatic heterocycles. The van der Waals surface area contributed by atoms with Crippen LogP contribution in [-0.4, -0.2) is 50.6 Å². The van der Waals surface area contributed by atoms with Crippen molar-refractivity contribution in [3.8, 4) is 5.75 Å². The van der Waals surface area contributed by atoms with E-state index in [0.717, 1.165) is 57.7 Å². The highest BCUT2D eigenvalue weighted by Gasteiger charge is 2.08. The molecule has 4 nitrogen and oxygen atoms in total. The fourth-order valence-electron chi connectivity index (χ4n) is 2.13. The van der Waals surface area contributed by atoms with Crippen molar-refractivity contribution in [2.75, 3.05) is 39.5 Å². The predicted molar refractivity (Wildman–Crippen MR) is 73.8 cm³/mol. The molecule has 0 aliphatic carbocycles. The van der Waals surface area contributed by atoms with E-state index in [-0.39, 0.29) is 12.4 Å². The number of carbonyl (C=O) groups excluding carboxylic acids is 1. The number of carbonyl (C=O) groups is 1. The Morgan fingerprint density at radius 3 is 2.80 bits per heavy atom. The van der Waals surface area contributed by atoms with Crippen molar-refractivity contribution < 1.29 is 26.7 Å². The maximum Gasteiger partial charge on any atom is 0.150 e. The lowest BCUT2D eigenvalue weighted by molar-refractivity contribution is -0.0000125. The highest BCUT2D eigenvalue weighted by Crippen LogP contribution is 2.12. The van der Waals surface area contributed by atoms with Crippen LogP contribution >= 0.6 is 0 Å². The van der Waals surface area contributed by atoms with Crippen LogP contribution in [0.25, 0.3) is 0 Å². The largest absolute Gasteiger partial charge is 1.00 e. The van der Waals surface area contributed by atoms with Crippen LogP contribution in [0.4, 0.5) is 0 Å². The van der Waals surface area contributed by atoms with Crippen molar-refractivity contribution in [1.82, 2.24) is 4.90 Å². The number of rotatable bonds is 7. The fourth-order valence-corrected chi connectivity index (χ4v) is 2.13. The third kappa shape index (κ3) is 5.90. The minimum Gasteiger partial charge on any atom is -1.00 e. The van der Waals surface area contributed by atoms with E-state index in [1.807, 2.05) is 12.1 Å². The molecule has 0 unspecified atom stereocenters. The molecule has 1 saturated heterocycles. The highest BCUT2D eigenvalue weighted by atomic mass is 35.5. The van der Waals surface area contributed by atoms with E-state index in [0.29, 0.717) is 12.2 Å². The van der Waals surface area contributed by atoms with Gasteiger partial charge in [-0.2, -0.15) is 0 Å². The maximum atomic E-state index is 10.6. The minimum absolute atomic E-state index is 0. The quantitative estimate of drug-likeness (QED) is 0.478. The summed E-state index contributed by atoms with van der Waals surface area (Å²) in [7, 11) is 0. The first-order valence-electron chi connectivity index (χ1n) is 6.86.